The molecular formula is C16H20BrN2O4+. The zero-order valence-electron chi connectivity index (χ0n) is 13.4. The quantitative estimate of drug-likeness (QED) is 0.572. The molecule has 7 heteroatoms. The summed E-state index contributed by atoms with van der Waals surface area (Å²) in [7, 11) is 5.59. The van der Waals surface area contributed by atoms with Gasteiger partial charge in [0, 0.05) is 22.8 Å². The summed E-state index contributed by atoms with van der Waals surface area (Å²) in [6, 6.07) is 5.00. The zero-order chi connectivity index (χ0) is 17.0. The van der Waals surface area contributed by atoms with Crippen molar-refractivity contribution in [3.8, 4) is 5.75 Å². The lowest BCUT2D eigenvalue weighted by Crippen LogP contribution is -3.05. The number of quaternary nitrogens is 1. The van der Waals surface area contributed by atoms with Crippen LogP contribution in [0.15, 0.2) is 31.9 Å². The highest BCUT2D eigenvalue weighted by atomic mass is 79.9. The van der Waals surface area contributed by atoms with E-state index in [1.807, 2.05) is 14.1 Å². The molecule has 0 radical (unpaired) electrons. The molecule has 0 fully saturated rings. The van der Waals surface area contributed by atoms with Crippen LogP contribution in [0, 0.1) is 0 Å². The lowest BCUT2D eigenvalue weighted by atomic mass is 10.1. The maximum atomic E-state index is 12.2. The third kappa shape index (κ3) is 4.33. The Morgan fingerprint density at radius 3 is 2.74 bits per heavy atom. The van der Waals surface area contributed by atoms with Gasteiger partial charge in [-0.05, 0) is 18.2 Å². The molecule has 6 nitrogen and oxygen atoms in total. The normalized spacial score (nSPS) is 11.0. The molecule has 0 saturated heterocycles. The first kappa shape index (κ1) is 17.5. The van der Waals surface area contributed by atoms with Gasteiger partial charge in [-0.2, -0.15) is 0 Å². The molecule has 0 unspecified atom stereocenters. The van der Waals surface area contributed by atoms with E-state index >= 15 is 0 Å². The van der Waals surface area contributed by atoms with E-state index in [9.17, 15) is 9.59 Å². The molecule has 0 saturated carbocycles. The molecule has 2 N–H and O–H groups in total. The Labute approximate surface area is 142 Å². The fourth-order valence-electron chi connectivity index (χ4n) is 2.22. The first-order valence-corrected chi connectivity index (χ1v) is 8.10. The first-order valence-electron chi connectivity index (χ1n) is 7.31. The minimum atomic E-state index is -0.672. The van der Waals surface area contributed by atoms with Crippen molar-refractivity contribution >= 4 is 32.8 Å². The monoisotopic (exact) mass is 383 g/mol. The van der Waals surface area contributed by atoms with Crippen LogP contribution < -0.4 is 20.6 Å². The van der Waals surface area contributed by atoms with Crippen molar-refractivity contribution in [2.75, 3.05) is 34.3 Å². The van der Waals surface area contributed by atoms with Crippen molar-refractivity contribution in [3.05, 3.63) is 38.7 Å². The highest BCUT2D eigenvalue weighted by Crippen LogP contribution is 2.29. The van der Waals surface area contributed by atoms with Crippen molar-refractivity contribution in [1.29, 1.82) is 0 Å². The average molecular weight is 384 g/mol. The molecule has 1 aromatic heterocycles. The summed E-state index contributed by atoms with van der Waals surface area (Å²) >= 11 is 3.37. The van der Waals surface area contributed by atoms with Crippen LogP contribution >= 0.6 is 15.9 Å². The molecular weight excluding hydrogens is 364 g/mol. The van der Waals surface area contributed by atoms with Crippen LogP contribution in [0.1, 0.15) is 16.8 Å². The molecule has 0 bridgehead atoms. The molecule has 0 aliphatic rings. The van der Waals surface area contributed by atoms with Gasteiger partial charge in [-0.1, -0.05) is 15.9 Å². The van der Waals surface area contributed by atoms with Crippen molar-refractivity contribution < 1.29 is 18.8 Å². The van der Waals surface area contributed by atoms with Gasteiger partial charge < -0.3 is 19.4 Å². The summed E-state index contributed by atoms with van der Waals surface area (Å²) in [6.45, 7) is 1.46. The topological polar surface area (TPSA) is 73.0 Å². The van der Waals surface area contributed by atoms with Crippen molar-refractivity contribution in [1.82, 2.24) is 5.32 Å². The Balaban J connectivity index is 2.26. The van der Waals surface area contributed by atoms with E-state index in [-0.39, 0.29) is 5.56 Å². The molecule has 0 spiro atoms. The van der Waals surface area contributed by atoms with Crippen molar-refractivity contribution in [3.63, 3.8) is 0 Å². The number of carbonyl (C=O) groups is 1. The predicted molar refractivity (Wildman–Crippen MR) is 91.4 cm³/mol. The number of halogens is 1. The minimum Gasteiger partial charge on any atom is -0.493 e. The maximum absolute atomic E-state index is 12.2. The second-order valence-corrected chi connectivity index (χ2v) is 6.46. The highest BCUT2D eigenvalue weighted by Gasteiger charge is 2.16. The zero-order valence-corrected chi connectivity index (χ0v) is 15.0. The van der Waals surface area contributed by atoms with Gasteiger partial charge in [-0.25, -0.2) is 4.79 Å². The number of carbonyl (C=O) groups excluding carboxylic acids is 1. The van der Waals surface area contributed by atoms with E-state index in [2.05, 4.69) is 21.2 Å². The Hall–Kier alpha value is -1.86. The third-order valence-electron chi connectivity index (χ3n) is 3.37. The Morgan fingerprint density at radius 1 is 1.35 bits per heavy atom. The number of fused-ring (bicyclic) bond motifs is 1. The summed E-state index contributed by atoms with van der Waals surface area (Å²) in [5.74, 6) is 0.0146. The molecule has 0 atom stereocenters. The number of nitrogens with one attached hydrogen (secondary N) is 2. The van der Waals surface area contributed by atoms with Gasteiger partial charge in [0.25, 0.3) is 5.91 Å². The average Bonchev–Trinajstić information content (AvgIpc) is 2.50. The second kappa shape index (κ2) is 7.61. The van der Waals surface area contributed by atoms with E-state index < -0.39 is 11.5 Å². The molecule has 2 rings (SSSR count). The van der Waals surface area contributed by atoms with Gasteiger partial charge in [0.05, 0.1) is 27.7 Å². The number of methoxy groups -OCH3 is 1. The fraction of sp³-hybridized carbons (Fsp3) is 0.375. The van der Waals surface area contributed by atoms with E-state index in [0.717, 1.165) is 17.4 Å². The SMILES string of the molecule is COc1cc(Br)cc2cc(C(=O)NCCC[NH+](C)C)c(=O)oc12. The second-order valence-electron chi connectivity index (χ2n) is 5.54. The van der Waals surface area contributed by atoms with E-state index in [1.54, 1.807) is 12.1 Å². The first-order chi connectivity index (χ1) is 10.9. The summed E-state index contributed by atoms with van der Waals surface area (Å²) in [6.07, 6.45) is 0.840. The Kier molecular flexibility index (Phi) is 5.79. The number of hydrogen-bond acceptors (Lipinski definition) is 4. The molecule has 1 amide bonds. The summed E-state index contributed by atoms with van der Waals surface area (Å²) in [4.78, 5) is 25.5. The van der Waals surface area contributed by atoms with Crippen molar-refractivity contribution in [2.24, 2.45) is 0 Å². The maximum Gasteiger partial charge on any atom is 0.349 e. The van der Waals surface area contributed by atoms with Gasteiger partial charge >= 0.3 is 5.63 Å². The molecule has 1 aromatic carbocycles. The molecule has 23 heavy (non-hydrogen) atoms. The smallest absolute Gasteiger partial charge is 0.349 e. The van der Waals surface area contributed by atoms with Gasteiger partial charge in [-0.15, -0.1) is 0 Å². The van der Waals surface area contributed by atoms with Crippen LogP contribution in [0.5, 0.6) is 5.75 Å². The Morgan fingerprint density at radius 2 is 2.09 bits per heavy atom. The molecule has 124 valence electrons. The summed E-state index contributed by atoms with van der Waals surface area (Å²) in [5.41, 5.74) is -0.350. The molecule has 0 aliphatic carbocycles. The van der Waals surface area contributed by atoms with Crippen LogP contribution in [0.4, 0.5) is 0 Å². The number of rotatable bonds is 6. The number of amides is 1. The van der Waals surface area contributed by atoms with Gasteiger partial charge in [0.1, 0.15) is 5.56 Å². The van der Waals surface area contributed by atoms with Gasteiger partial charge in [-0.3, -0.25) is 4.79 Å². The largest absolute Gasteiger partial charge is 0.493 e. The minimum absolute atomic E-state index is 0.00477. The van der Waals surface area contributed by atoms with E-state index in [4.69, 9.17) is 9.15 Å². The molecule has 0 aliphatic heterocycles. The lowest BCUT2D eigenvalue weighted by molar-refractivity contribution is -0.858. The van der Waals surface area contributed by atoms with Crippen LogP contribution in [-0.4, -0.2) is 40.2 Å². The van der Waals surface area contributed by atoms with E-state index in [1.165, 1.54) is 18.1 Å². The molecule has 1 heterocycles. The predicted octanol–water partition coefficient (Wildman–Crippen LogP) is 0.828. The fourth-order valence-corrected chi connectivity index (χ4v) is 2.67. The lowest BCUT2D eigenvalue weighted by Gasteiger charge is -2.09. The van der Waals surface area contributed by atoms with Crippen LogP contribution in [0.2, 0.25) is 0 Å². The van der Waals surface area contributed by atoms with E-state index in [0.29, 0.717) is 23.3 Å². The van der Waals surface area contributed by atoms with Crippen LogP contribution in [0.3, 0.4) is 0 Å². The number of benzene rings is 1. The van der Waals surface area contributed by atoms with Crippen molar-refractivity contribution in [2.45, 2.75) is 6.42 Å². The molecule has 2 aromatic rings. The number of ether oxygens (including phenoxy) is 1. The van der Waals surface area contributed by atoms with Gasteiger partial charge in [0.15, 0.2) is 11.3 Å². The summed E-state index contributed by atoms with van der Waals surface area (Å²) < 4.78 is 11.2. The highest BCUT2D eigenvalue weighted by molar-refractivity contribution is 9.10. The number of hydrogen-bond donors (Lipinski definition) is 2. The van der Waals surface area contributed by atoms with Crippen LogP contribution in [-0.2, 0) is 0 Å². The Bertz CT molecular complexity index is 770. The van der Waals surface area contributed by atoms with Gasteiger partial charge in [0.2, 0.25) is 0 Å². The standard InChI is InChI=1S/C16H19BrN2O4/c1-19(2)6-4-5-18-15(20)12-8-10-7-11(17)9-13(22-3)14(10)23-16(12)21/h7-9H,4-6H2,1-3H3,(H,18,20)/p+1. The van der Waals surface area contributed by atoms with Crippen LogP contribution in [0.25, 0.3) is 11.0 Å². The summed E-state index contributed by atoms with van der Waals surface area (Å²) in [5, 5.41) is 3.37. The third-order valence-corrected chi connectivity index (χ3v) is 3.82.